The fourth-order valence-corrected chi connectivity index (χ4v) is 5.99. The lowest BCUT2D eigenvalue weighted by molar-refractivity contribution is -0.138. The molecule has 204 valence electrons. The normalized spacial score (nSPS) is 20.8. The summed E-state index contributed by atoms with van der Waals surface area (Å²) in [5.74, 6) is -0.572. The highest BCUT2D eigenvalue weighted by atomic mass is 35.5. The first-order chi connectivity index (χ1) is 18.5. The maximum Gasteiger partial charge on any atom is 0.416 e. The van der Waals surface area contributed by atoms with Crippen LogP contribution in [0.25, 0.3) is 17.0 Å². The van der Waals surface area contributed by atoms with E-state index in [1.807, 2.05) is 4.90 Å². The van der Waals surface area contributed by atoms with E-state index in [2.05, 4.69) is 15.4 Å². The van der Waals surface area contributed by atoms with Crippen LogP contribution in [0.4, 0.5) is 13.2 Å². The van der Waals surface area contributed by atoms with E-state index >= 15 is 0 Å². The average Bonchev–Trinajstić information content (AvgIpc) is 3.56. The highest BCUT2D eigenvalue weighted by Gasteiger charge is 2.38. The first-order valence-corrected chi connectivity index (χ1v) is 13.2. The van der Waals surface area contributed by atoms with Gasteiger partial charge in [0.1, 0.15) is 0 Å². The van der Waals surface area contributed by atoms with E-state index in [1.165, 1.54) is 35.5 Å². The van der Waals surface area contributed by atoms with Crippen LogP contribution < -0.4 is 5.32 Å². The smallest absolute Gasteiger partial charge is 0.394 e. The van der Waals surface area contributed by atoms with Gasteiger partial charge < -0.3 is 15.3 Å². The minimum Gasteiger partial charge on any atom is -0.394 e. The van der Waals surface area contributed by atoms with E-state index in [-0.39, 0.29) is 41.7 Å². The van der Waals surface area contributed by atoms with Gasteiger partial charge in [-0.1, -0.05) is 23.7 Å². The number of likely N-dealkylation sites (tertiary alicyclic amines) is 1. The zero-order valence-corrected chi connectivity index (χ0v) is 22.1. The number of nitrogens with zero attached hydrogens (tertiary/aromatic N) is 4. The van der Waals surface area contributed by atoms with Crippen LogP contribution >= 0.6 is 23.4 Å². The number of halogens is 4. The molecule has 3 aromatic rings. The van der Waals surface area contributed by atoms with Crippen molar-refractivity contribution in [3.63, 3.8) is 0 Å². The van der Waals surface area contributed by atoms with Gasteiger partial charge >= 0.3 is 6.18 Å². The molecule has 5 rings (SSSR count). The number of aliphatic hydroxyl groups is 1. The Morgan fingerprint density at radius 1 is 1.28 bits per heavy atom. The standard InChI is InChI=1S/C26H23ClF3N5O3S/c1-14(37)32-19-9-20(13-36)34(12-19)25-33-24(38)23(39-25)7-15-2-5-22-17(6-15)10-31-35(22)11-16-3-4-18(27)8-21(16)26(28,29)30/h2-8,10,19-20,36H,9,11-13H2,1H3,(H,32,37)/b23-7-/t19-,20-/m1/s1. The topological polar surface area (TPSA) is 99.8 Å². The lowest BCUT2D eigenvalue weighted by atomic mass is 10.1. The quantitative estimate of drug-likeness (QED) is 0.439. The molecule has 13 heteroatoms. The number of hydrogen-bond donors (Lipinski definition) is 2. The average molecular weight is 578 g/mol. The molecule has 0 aliphatic carbocycles. The first-order valence-electron chi connectivity index (χ1n) is 12.0. The number of amides is 2. The van der Waals surface area contributed by atoms with Gasteiger partial charge in [-0.2, -0.15) is 23.3 Å². The maximum absolute atomic E-state index is 13.5. The van der Waals surface area contributed by atoms with E-state index in [9.17, 15) is 27.9 Å². The zero-order chi connectivity index (χ0) is 27.9. The van der Waals surface area contributed by atoms with Crippen molar-refractivity contribution in [2.45, 2.75) is 38.1 Å². The van der Waals surface area contributed by atoms with Gasteiger partial charge in [0.2, 0.25) is 5.91 Å². The Bertz CT molecular complexity index is 1520. The fraction of sp³-hybridized carbons (Fsp3) is 0.308. The summed E-state index contributed by atoms with van der Waals surface area (Å²) in [4.78, 5) is 30.5. The summed E-state index contributed by atoms with van der Waals surface area (Å²) in [7, 11) is 0. The number of carbonyl (C=O) groups excluding carboxylic acids is 2. The van der Waals surface area contributed by atoms with Crippen molar-refractivity contribution in [3.05, 3.63) is 69.2 Å². The molecule has 2 aliphatic heterocycles. The van der Waals surface area contributed by atoms with Crippen molar-refractivity contribution < 1.29 is 27.9 Å². The van der Waals surface area contributed by atoms with Crippen LogP contribution in [0.1, 0.15) is 30.0 Å². The molecule has 0 saturated carbocycles. The zero-order valence-electron chi connectivity index (χ0n) is 20.6. The van der Waals surface area contributed by atoms with Crippen LogP contribution in [-0.4, -0.2) is 62.0 Å². The second-order valence-electron chi connectivity index (χ2n) is 9.35. The maximum atomic E-state index is 13.5. The van der Waals surface area contributed by atoms with E-state index in [0.29, 0.717) is 39.5 Å². The van der Waals surface area contributed by atoms with Gasteiger partial charge in [-0.05, 0) is 59.7 Å². The lowest BCUT2D eigenvalue weighted by Crippen LogP contribution is -2.38. The number of carbonyl (C=O) groups is 2. The van der Waals surface area contributed by atoms with Gasteiger partial charge in [0.25, 0.3) is 5.91 Å². The van der Waals surface area contributed by atoms with Crippen LogP contribution in [0.3, 0.4) is 0 Å². The molecule has 2 amide bonds. The minimum atomic E-state index is -4.55. The highest BCUT2D eigenvalue weighted by molar-refractivity contribution is 8.18. The SMILES string of the molecule is CC(=O)N[C@@H]1C[C@H](CO)N(C2=NC(=O)/C(=C/c3ccc4c(cnn4Cc4ccc(Cl)cc4C(F)(F)F)c3)S2)C1. The molecule has 0 bridgehead atoms. The number of amidine groups is 1. The third-order valence-corrected chi connectivity index (χ3v) is 7.80. The molecule has 3 heterocycles. The van der Waals surface area contributed by atoms with E-state index in [0.717, 1.165) is 6.07 Å². The molecule has 2 N–H and O–H groups in total. The summed E-state index contributed by atoms with van der Waals surface area (Å²) >= 11 is 6.99. The van der Waals surface area contributed by atoms with Gasteiger partial charge in [0, 0.05) is 29.9 Å². The molecular formula is C26H23ClF3N5O3S. The van der Waals surface area contributed by atoms with Crippen molar-refractivity contribution in [3.8, 4) is 0 Å². The molecule has 2 aromatic carbocycles. The first kappa shape index (κ1) is 27.2. The number of nitrogens with one attached hydrogen (secondary N) is 1. The van der Waals surface area contributed by atoms with Gasteiger partial charge in [0.05, 0.1) is 41.4 Å². The Hall–Kier alpha value is -3.35. The number of alkyl halides is 3. The predicted molar refractivity (Wildman–Crippen MR) is 143 cm³/mol. The summed E-state index contributed by atoms with van der Waals surface area (Å²) < 4.78 is 42.0. The van der Waals surface area contributed by atoms with Gasteiger partial charge in [0.15, 0.2) is 5.17 Å². The van der Waals surface area contributed by atoms with E-state index in [1.54, 1.807) is 30.5 Å². The summed E-state index contributed by atoms with van der Waals surface area (Å²) in [5, 5.41) is 18.1. The van der Waals surface area contributed by atoms with E-state index < -0.39 is 17.6 Å². The Morgan fingerprint density at radius 2 is 2.08 bits per heavy atom. The van der Waals surface area contributed by atoms with Crippen molar-refractivity contribution in [1.82, 2.24) is 20.0 Å². The Labute approximate surface area is 230 Å². The molecule has 0 radical (unpaired) electrons. The molecule has 1 saturated heterocycles. The number of rotatable bonds is 5. The summed E-state index contributed by atoms with van der Waals surface area (Å²) in [6.07, 6.45) is -0.753. The molecule has 8 nitrogen and oxygen atoms in total. The van der Waals surface area contributed by atoms with Crippen molar-refractivity contribution >= 4 is 57.3 Å². The van der Waals surface area contributed by atoms with Crippen molar-refractivity contribution in [2.24, 2.45) is 4.99 Å². The number of fused-ring (bicyclic) bond motifs is 1. The summed E-state index contributed by atoms with van der Waals surface area (Å²) in [5.41, 5.74) is 0.574. The number of benzene rings is 2. The highest BCUT2D eigenvalue weighted by Crippen LogP contribution is 2.36. The molecular weight excluding hydrogens is 555 g/mol. The summed E-state index contributed by atoms with van der Waals surface area (Å²) in [6.45, 7) is 1.64. The lowest BCUT2D eigenvalue weighted by Gasteiger charge is -2.23. The Kier molecular flexibility index (Phi) is 7.45. The second kappa shape index (κ2) is 10.7. The third-order valence-electron chi connectivity index (χ3n) is 6.55. The molecule has 0 unspecified atom stereocenters. The molecule has 1 aromatic heterocycles. The van der Waals surface area contributed by atoms with Gasteiger partial charge in [-0.25, -0.2) is 0 Å². The number of thioether (sulfide) groups is 1. The Balaban J connectivity index is 1.34. The monoisotopic (exact) mass is 577 g/mol. The molecule has 39 heavy (non-hydrogen) atoms. The molecule has 1 fully saturated rings. The largest absolute Gasteiger partial charge is 0.416 e. The summed E-state index contributed by atoms with van der Waals surface area (Å²) in [6, 6.07) is 8.55. The number of hydrogen-bond acceptors (Lipinski definition) is 6. The number of aliphatic hydroxyl groups excluding tert-OH is 1. The van der Waals surface area contributed by atoms with Crippen LogP contribution in [0, 0.1) is 0 Å². The van der Waals surface area contributed by atoms with Crippen molar-refractivity contribution in [2.75, 3.05) is 13.2 Å². The van der Waals surface area contributed by atoms with Crippen LogP contribution in [0.5, 0.6) is 0 Å². The van der Waals surface area contributed by atoms with E-state index in [4.69, 9.17) is 11.6 Å². The predicted octanol–water partition coefficient (Wildman–Crippen LogP) is 4.30. The second-order valence-corrected chi connectivity index (χ2v) is 10.8. The van der Waals surface area contributed by atoms with Crippen LogP contribution in [0.15, 0.2) is 52.5 Å². The number of aliphatic imine (C=N–C) groups is 1. The van der Waals surface area contributed by atoms with Gasteiger partial charge in [-0.15, -0.1) is 0 Å². The molecule has 2 atom stereocenters. The van der Waals surface area contributed by atoms with Crippen LogP contribution in [-0.2, 0) is 22.3 Å². The molecule has 0 spiro atoms. The van der Waals surface area contributed by atoms with Gasteiger partial charge in [-0.3, -0.25) is 14.3 Å². The molecule has 2 aliphatic rings. The van der Waals surface area contributed by atoms with Crippen molar-refractivity contribution in [1.29, 1.82) is 0 Å². The third kappa shape index (κ3) is 5.82. The minimum absolute atomic E-state index is 0.00435. The Morgan fingerprint density at radius 3 is 2.79 bits per heavy atom. The fourth-order valence-electron chi connectivity index (χ4n) is 4.82. The number of aromatic nitrogens is 2. The van der Waals surface area contributed by atoms with Crippen LogP contribution in [0.2, 0.25) is 5.02 Å².